The molecule has 1 atom stereocenters. The van der Waals surface area contributed by atoms with Gasteiger partial charge >= 0.3 is 0 Å². The minimum absolute atomic E-state index is 0. The fourth-order valence-electron chi connectivity index (χ4n) is 4.58. The van der Waals surface area contributed by atoms with Crippen LogP contribution in [0.4, 0.5) is 0 Å². The summed E-state index contributed by atoms with van der Waals surface area (Å²) < 4.78 is 0. The second-order valence-electron chi connectivity index (χ2n) is 8.05. The number of nitrogens with zero attached hydrogens (tertiary/aromatic N) is 1. The first-order valence-electron chi connectivity index (χ1n) is 9.63. The van der Waals surface area contributed by atoms with Gasteiger partial charge in [-0.2, -0.15) is 0 Å². The maximum Gasteiger partial charge on any atom is 0.223 e. The molecule has 0 aromatic heterocycles. The largest absolute Gasteiger partial charge is 0.353 e. The number of benzene rings is 1. The number of nitrogens with one attached hydrogen (secondary N) is 2. The lowest BCUT2D eigenvalue weighted by Gasteiger charge is -2.32. The average Bonchev–Trinajstić information content (AvgIpc) is 3.32. The lowest BCUT2D eigenvalue weighted by atomic mass is 9.91. The Hall–Kier alpha value is -0.520. The summed E-state index contributed by atoms with van der Waals surface area (Å²) in [4.78, 5) is 15.1. The second kappa shape index (κ2) is 9.80. The Bertz CT molecular complexity index is 611. The van der Waals surface area contributed by atoms with Crippen LogP contribution in [0.15, 0.2) is 24.3 Å². The molecular weight excluding hydrogens is 405 g/mol. The molecule has 1 unspecified atom stereocenters. The molecule has 4 rings (SSSR count). The van der Waals surface area contributed by atoms with Gasteiger partial charge in [-0.3, -0.25) is 9.69 Å². The standard InChI is InChI=1S/C20H28ClN3O.2ClH/c21-16-3-1-15(2-4-16)14-24-11-5-17(6-12-24)23-19(25)18-13-20(18)7-9-22-10-8-20;;/h1-4,17-18,22H,5-14H2,(H,23,25);2*1H. The van der Waals surface area contributed by atoms with Crippen molar-refractivity contribution < 1.29 is 4.79 Å². The molecule has 3 fully saturated rings. The third-order valence-electron chi connectivity index (χ3n) is 6.36. The first-order chi connectivity index (χ1) is 12.1. The van der Waals surface area contributed by atoms with E-state index in [1.54, 1.807) is 0 Å². The van der Waals surface area contributed by atoms with Crippen LogP contribution in [0.2, 0.25) is 5.02 Å². The van der Waals surface area contributed by atoms with Crippen molar-refractivity contribution in [3.63, 3.8) is 0 Å². The van der Waals surface area contributed by atoms with Crippen LogP contribution in [0.3, 0.4) is 0 Å². The van der Waals surface area contributed by atoms with Gasteiger partial charge < -0.3 is 10.6 Å². The van der Waals surface area contributed by atoms with Crippen molar-refractivity contribution in [1.82, 2.24) is 15.5 Å². The molecule has 27 heavy (non-hydrogen) atoms. The highest BCUT2D eigenvalue weighted by Crippen LogP contribution is 2.58. The molecule has 1 spiro atoms. The number of hydrogen-bond donors (Lipinski definition) is 2. The Kier molecular flexibility index (Phi) is 8.26. The van der Waals surface area contributed by atoms with Crippen molar-refractivity contribution in [3.8, 4) is 0 Å². The zero-order chi connectivity index (χ0) is 17.3. The molecule has 2 heterocycles. The summed E-state index contributed by atoms with van der Waals surface area (Å²) >= 11 is 5.95. The van der Waals surface area contributed by atoms with E-state index in [1.807, 2.05) is 12.1 Å². The van der Waals surface area contributed by atoms with E-state index < -0.39 is 0 Å². The van der Waals surface area contributed by atoms with E-state index in [-0.39, 0.29) is 30.7 Å². The average molecular weight is 435 g/mol. The smallest absolute Gasteiger partial charge is 0.223 e. The fraction of sp³-hybridized carbons (Fsp3) is 0.650. The number of hydrogen-bond acceptors (Lipinski definition) is 3. The molecule has 1 aromatic carbocycles. The van der Waals surface area contributed by atoms with Crippen LogP contribution >= 0.6 is 36.4 Å². The Balaban J connectivity index is 0.00000131. The molecule has 152 valence electrons. The number of likely N-dealkylation sites (tertiary alicyclic amines) is 1. The van der Waals surface area contributed by atoms with Gasteiger partial charge in [0.1, 0.15) is 0 Å². The molecule has 0 radical (unpaired) electrons. The predicted molar refractivity (Wildman–Crippen MR) is 115 cm³/mol. The van der Waals surface area contributed by atoms with Gasteiger partial charge in [0.25, 0.3) is 0 Å². The van der Waals surface area contributed by atoms with Crippen LogP contribution in [-0.2, 0) is 11.3 Å². The Morgan fingerprint density at radius 3 is 2.41 bits per heavy atom. The number of piperidine rings is 2. The van der Waals surface area contributed by atoms with Crippen molar-refractivity contribution in [2.45, 2.75) is 44.7 Å². The third-order valence-corrected chi connectivity index (χ3v) is 6.61. The third kappa shape index (κ3) is 5.51. The molecular formula is C20H30Cl3N3O. The molecule has 2 saturated heterocycles. The van der Waals surface area contributed by atoms with Crippen molar-refractivity contribution in [3.05, 3.63) is 34.9 Å². The first kappa shape index (κ1) is 22.8. The minimum atomic E-state index is 0. The summed E-state index contributed by atoms with van der Waals surface area (Å²) in [6.45, 7) is 5.22. The number of carbonyl (C=O) groups is 1. The van der Waals surface area contributed by atoms with E-state index in [2.05, 4.69) is 27.7 Å². The zero-order valence-electron chi connectivity index (χ0n) is 15.6. The van der Waals surface area contributed by atoms with Gasteiger partial charge in [0, 0.05) is 36.6 Å². The maximum atomic E-state index is 12.6. The van der Waals surface area contributed by atoms with Crippen LogP contribution in [-0.4, -0.2) is 43.0 Å². The highest BCUT2D eigenvalue weighted by molar-refractivity contribution is 6.30. The number of amides is 1. The van der Waals surface area contributed by atoms with Gasteiger partial charge in [-0.05, 0) is 68.3 Å². The first-order valence-corrected chi connectivity index (χ1v) is 10.0. The SMILES string of the molecule is Cl.Cl.O=C(NC1CCN(Cc2ccc(Cl)cc2)CC1)C1CC12CCNCC2. The lowest BCUT2D eigenvalue weighted by molar-refractivity contribution is -0.124. The minimum Gasteiger partial charge on any atom is -0.353 e. The van der Waals surface area contributed by atoms with Crippen LogP contribution in [0, 0.1) is 11.3 Å². The lowest BCUT2D eigenvalue weighted by Crippen LogP contribution is -2.45. The van der Waals surface area contributed by atoms with Gasteiger partial charge in [0.15, 0.2) is 0 Å². The normalized spacial score (nSPS) is 24.6. The molecule has 0 bridgehead atoms. The number of rotatable bonds is 4. The topological polar surface area (TPSA) is 44.4 Å². The summed E-state index contributed by atoms with van der Waals surface area (Å²) in [6, 6.07) is 8.46. The van der Waals surface area contributed by atoms with E-state index in [9.17, 15) is 4.79 Å². The molecule has 3 aliphatic rings. The summed E-state index contributed by atoms with van der Waals surface area (Å²) in [5.74, 6) is 0.597. The van der Waals surface area contributed by atoms with Crippen molar-refractivity contribution in [2.24, 2.45) is 11.3 Å². The molecule has 1 saturated carbocycles. The van der Waals surface area contributed by atoms with Gasteiger partial charge in [-0.1, -0.05) is 23.7 Å². The van der Waals surface area contributed by atoms with Gasteiger partial charge in [-0.25, -0.2) is 0 Å². The Labute approximate surface area is 179 Å². The Morgan fingerprint density at radius 1 is 1.15 bits per heavy atom. The van der Waals surface area contributed by atoms with E-state index in [4.69, 9.17) is 11.6 Å². The van der Waals surface area contributed by atoms with Crippen molar-refractivity contribution in [2.75, 3.05) is 26.2 Å². The molecule has 2 N–H and O–H groups in total. The zero-order valence-corrected chi connectivity index (χ0v) is 18.0. The van der Waals surface area contributed by atoms with E-state index >= 15 is 0 Å². The Morgan fingerprint density at radius 2 is 1.78 bits per heavy atom. The monoisotopic (exact) mass is 433 g/mol. The fourth-order valence-corrected chi connectivity index (χ4v) is 4.71. The van der Waals surface area contributed by atoms with E-state index in [0.29, 0.717) is 17.4 Å². The second-order valence-corrected chi connectivity index (χ2v) is 8.49. The highest BCUT2D eigenvalue weighted by Gasteiger charge is 2.57. The molecule has 1 aliphatic carbocycles. The summed E-state index contributed by atoms with van der Waals surface area (Å²) in [5, 5.41) is 7.53. The summed E-state index contributed by atoms with van der Waals surface area (Å²) in [5.41, 5.74) is 1.64. The molecule has 1 aromatic rings. The van der Waals surface area contributed by atoms with Crippen LogP contribution in [0.1, 0.15) is 37.7 Å². The van der Waals surface area contributed by atoms with E-state index in [0.717, 1.165) is 57.0 Å². The van der Waals surface area contributed by atoms with Crippen molar-refractivity contribution >= 4 is 42.3 Å². The van der Waals surface area contributed by atoms with Crippen LogP contribution < -0.4 is 10.6 Å². The molecule has 2 aliphatic heterocycles. The summed E-state index contributed by atoms with van der Waals surface area (Å²) in [7, 11) is 0. The molecule has 1 amide bonds. The summed E-state index contributed by atoms with van der Waals surface area (Å²) in [6.07, 6.45) is 5.56. The maximum absolute atomic E-state index is 12.6. The molecule has 7 heteroatoms. The number of carbonyl (C=O) groups excluding carboxylic acids is 1. The predicted octanol–water partition coefficient (Wildman–Crippen LogP) is 3.65. The van der Waals surface area contributed by atoms with Crippen LogP contribution in [0.25, 0.3) is 0 Å². The quantitative estimate of drug-likeness (QED) is 0.760. The number of halogens is 3. The van der Waals surface area contributed by atoms with Crippen molar-refractivity contribution in [1.29, 1.82) is 0 Å². The molecule has 4 nitrogen and oxygen atoms in total. The van der Waals surface area contributed by atoms with Crippen LogP contribution in [0.5, 0.6) is 0 Å². The van der Waals surface area contributed by atoms with Gasteiger partial charge in [0.2, 0.25) is 5.91 Å². The highest BCUT2D eigenvalue weighted by atomic mass is 35.5. The van der Waals surface area contributed by atoms with Gasteiger partial charge in [0.05, 0.1) is 0 Å². The van der Waals surface area contributed by atoms with E-state index in [1.165, 1.54) is 18.4 Å². The van der Waals surface area contributed by atoms with Gasteiger partial charge in [-0.15, -0.1) is 24.8 Å².